The SMILES string of the molecule is C[C@H](Nc1cncc(-c2cccc(N3CCOCC3)c2)n1)c1cccc(NC(=O)c2ccc(F)c(Cl)c2)c1. The highest BCUT2D eigenvalue weighted by atomic mass is 35.5. The molecule has 0 bridgehead atoms. The van der Waals surface area contributed by atoms with Crippen molar-refractivity contribution >= 4 is 34.7 Å². The third-order valence-electron chi connectivity index (χ3n) is 6.34. The van der Waals surface area contributed by atoms with Gasteiger partial charge in [-0.15, -0.1) is 0 Å². The number of carbonyl (C=O) groups excluding carboxylic acids is 1. The molecule has 3 aromatic carbocycles. The summed E-state index contributed by atoms with van der Waals surface area (Å²) in [5, 5.41) is 6.14. The maximum atomic E-state index is 13.4. The highest BCUT2D eigenvalue weighted by molar-refractivity contribution is 6.31. The molecule has 2 N–H and O–H groups in total. The number of nitrogens with zero attached hydrogens (tertiary/aromatic N) is 3. The van der Waals surface area contributed by atoms with Crippen molar-refractivity contribution in [2.24, 2.45) is 0 Å². The number of hydrogen-bond donors (Lipinski definition) is 2. The van der Waals surface area contributed by atoms with Gasteiger partial charge in [0.1, 0.15) is 11.6 Å². The molecule has 9 heteroatoms. The minimum atomic E-state index is -0.568. The second kappa shape index (κ2) is 11.6. The Morgan fingerprint density at radius 3 is 2.68 bits per heavy atom. The smallest absolute Gasteiger partial charge is 0.255 e. The van der Waals surface area contributed by atoms with Crippen LogP contribution >= 0.6 is 11.6 Å². The second-order valence-corrected chi connectivity index (χ2v) is 9.42. The number of anilines is 3. The van der Waals surface area contributed by atoms with Crippen LogP contribution in [-0.4, -0.2) is 42.2 Å². The Balaban J connectivity index is 1.28. The van der Waals surface area contributed by atoms with Crippen LogP contribution in [0.3, 0.4) is 0 Å². The molecule has 0 saturated carbocycles. The summed E-state index contributed by atoms with van der Waals surface area (Å²) in [7, 11) is 0. The van der Waals surface area contributed by atoms with Crippen LogP contribution in [0, 0.1) is 5.82 Å². The van der Waals surface area contributed by atoms with E-state index >= 15 is 0 Å². The van der Waals surface area contributed by atoms with Crippen LogP contribution in [0.2, 0.25) is 5.02 Å². The average molecular weight is 532 g/mol. The zero-order valence-electron chi connectivity index (χ0n) is 20.8. The number of ether oxygens (including phenoxy) is 1. The van der Waals surface area contributed by atoms with Gasteiger partial charge in [-0.2, -0.15) is 0 Å². The number of benzene rings is 3. The number of halogens is 2. The molecule has 0 aliphatic carbocycles. The van der Waals surface area contributed by atoms with Crippen LogP contribution in [0.25, 0.3) is 11.3 Å². The van der Waals surface area contributed by atoms with Crippen LogP contribution in [0.1, 0.15) is 28.9 Å². The first-order valence-corrected chi connectivity index (χ1v) is 12.7. The number of amides is 1. The van der Waals surface area contributed by atoms with Crippen LogP contribution in [0.4, 0.5) is 21.6 Å². The highest BCUT2D eigenvalue weighted by Gasteiger charge is 2.14. The number of nitrogens with one attached hydrogen (secondary N) is 2. The van der Waals surface area contributed by atoms with Crippen molar-refractivity contribution in [3.05, 3.63) is 101 Å². The van der Waals surface area contributed by atoms with Crippen molar-refractivity contribution in [1.29, 1.82) is 0 Å². The quantitative estimate of drug-likeness (QED) is 0.296. The molecular weight excluding hydrogens is 505 g/mol. The molecular formula is C29H27ClFN5O2. The first-order valence-electron chi connectivity index (χ1n) is 12.3. The maximum Gasteiger partial charge on any atom is 0.255 e. The van der Waals surface area contributed by atoms with Gasteiger partial charge in [0.25, 0.3) is 5.91 Å². The maximum absolute atomic E-state index is 13.4. The van der Waals surface area contributed by atoms with Gasteiger partial charge in [0.05, 0.1) is 42.4 Å². The monoisotopic (exact) mass is 531 g/mol. The predicted octanol–water partition coefficient (Wildman–Crippen LogP) is 6.20. The third-order valence-corrected chi connectivity index (χ3v) is 6.63. The molecule has 4 aromatic rings. The first kappa shape index (κ1) is 25.6. The molecule has 1 saturated heterocycles. The molecule has 1 atom stereocenters. The van der Waals surface area contributed by atoms with Gasteiger partial charge in [-0.3, -0.25) is 9.78 Å². The van der Waals surface area contributed by atoms with Crippen molar-refractivity contribution in [2.75, 3.05) is 41.8 Å². The van der Waals surface area contributed by atoms with Gasteiger partial charge in [-0.1, -0.05) is 35.9 Å². The predicted molar refractivity (Wildman–Crippen MR) is 148 cm³/mol. The molecule has 1 aliphatic heterocycles. The zero-order valence-corrected chi connectivity index (χ0v) is 21.6. The standard InChI is InChI=1S/C29H27ClFN5O2/c1-19(20-4-2-6-23(14-20)34-29(37)22-8-9-26(31)25(30)16-22)33-28-18-32-17-27(35-28)21-5-3-7-24(15-21)36-10-12-38-13-11-36/h2-9,14-19H,10-13H2,1H3,(H,33,35)(H,34,37)/t19-/m0/s1. The highest BCUT2D eigenvalue weighted by Crippen LogP contribution is 2.26. The van der Waals surface area contributed by atoms with Crippen molar-refractivity contribution < 1.29 is 13.9 Å². The lowest BCUT2D eigenvalue weighted by Crippen LogP contribution is -2.36. The Bertz CT molecular complexity index is 1440. The van der Waals surface area contributed by atoms with Crippen LogP contribution < -0.4 is 15.5 Å². The molecule has 1 aromatic heterocycles. The van der Waals surface area contributed by atoms with Gasteiger partial charge in [0, 0.05) is 35.6 Å². The van der Waals surface area contributed by atoms with E-state index in [-0.39, 0.29) is 22.5 Å². The Hall–Kier alpha value is -4.01. The van der Waals surface area contributed by atoms with Crippen molar-refractivity contribution in [2.45, 2.75) is 13.0 Å². The van der Waals surface area contributed by atoms with Gasteiger partial charge in [-0.05, 0) is 55.0 Å². The number of carbonyl (C=O) groups is 1. The lowest BCUT2D eigenvalue weighted by molar-refractivity contribution is 0.102. The van der Waals surface area contributed by atoms with E-state index in [1.165, 1.54) is 18.2 Å². The largest absolute Gasteiger partial charge is 0.378 e. The van der Waals surface area contributed by atoms with E-state index in [1.807, 2.05) is 37.3 Å². The first-order chi connectivity index (χ1) is 18.5. The van der Waals surface area contributed by atoms with Crippen LogP contribution in [0.5, 0.6) is 0 Å². The normalized spacial score (nSPS) is 14.1. The molecule has 5 rings (SSSR count). The van der Waals surface area contributed by atoms with Gasteiger partial charge in [-0.25, -0.2) is 9.37 Å². The Morgan fingerprint density at radius 2 is 1.87 bits per heavy atom. The molecule has 0 unspecified atom stereocenters. The van der Waals surface area contributed by atoms with E-state index < -0.39 is 5.82 Å². The van der Waals surface area contributed by atoms with E-state index in [1.54, 1.807) is 18.5 Å². The molecule has 7 nitrogen and oxygen atoms in total. The fourth-order valence-corrected chi connectivity index (χ4v) is 4.47. The molecule has 1 fully saturated rings. The van der Waals surface area contributed by atoms with E-state index in [9.17, 15) is 9.18 Å². The topological polar surface area (TPSA) is 79.4 Å². The summed E-state index contributed by atoms with van der Waals surface area (Å²) in [6.45, 7) is 5.20. The summed E-state index contributed by atoms with van der Waals surface area (Å²) in [6, 6.07) is 19.5. The van der Waals surface area contributed by atoms with Crippen LogP contribution in [0.15, 0.2) is 79.1 Å². The van der Waals surface area contributed by atoms with Crippen molar-refractivity contribution in [3.63, 3.8) is 0 Å². The summed E-state index contributed by atoms with van der Waals surface area (Å²) < 4.78 is 18.9. The molecule has 1 amide bonds. The van der Waals surface area contributed by atoms with Gasteiger partial charge in [0.15, 0.2) is 0 Å². The summed E-state index contributed by atoms with van der Waals surface area (Å²) in [5.74, 6) is -0.299. The van der Waals surface area contributed by atoms with Gasteiger partial charge < -0.3 is 20.3 Å². The molecule has 2 heterocycles. The minimum Gasteiger partial charge on any atom is -0.378 e. The Morgan fingerprint density at radius 1 is 1.05 bits per heavy atom. The second-order valence-electron chi connectivity index (χ2n) is 9.01. The number of aromatic nitrogens is 2. The summed E-state index contributed by atoms with van der Waals surface area (Å²) in [6.07, 6.45) is 3.45. The zero-order chi connectivity index (χ0) is 26.5. The van der Waals surface area contributed by atoms with E-state index in [2.05, 4.69) is 32.7 Å². The Labute approximate surface area is 225 Å². The van der Waals surface area contributed by atoms with Crippen LogP contribution in [-0.2, 0) is 4.74 Å². The fourth-order valence-electron chi connectivity index (χ4n) is 4.29. The molecule has 1 aliphatic rings. The van der Waals surface area contributed by atoms with E-state index in [4.69, 9.17) is 21.3 Å². The average Bonchev–Trinajstić information content (AvgIpc) is 2.95. The van der Waals surface area contributed by atoms with Gasteiger partial charge in [0.2, 0.25) is 0 Å². The lowest BCUT2D eigenvalue weighted by atomic mass is 10.1. The Kier molecular flexibility index (Phi) is 7.81. The molecule has 38 heavy (non-hydrogen) atoms. The lowest BCUT2D eigenvalue weighted by Gasteiger charge is -2.29. The summed E-state index contributed by atoms with van der Waals surface area (Å²) in [4.78, 5) is 24.1. The number of hydrogen-bond acceptors (Lipinski definition) is 6. The molecule has 194 valence electrons. The summed E-state index contributed by atoms with van der Waals surface area (Å²) >= 11 is 5.82. The molecule has 0 radical (unpaired) electrons. The minimum absolute atomic E-state index is 0.0969. The van der Waals surface area contributed by atoms with Gasteiger partial charge >= 0.3 is 0 Å². The van der Waals surface area contributed by atoms with E-state index in [0.717, 1.165) is 48.8 Å². The summed E-state index contributed by atoms with van der Waals surface area (Å²) in [5.41, 5.74) is 4.74. The fraction of sp³-hybridized carbons (Fsp3) is 0.207. The number of rotatable bonds is 7. The number of morpholine rings is 1. The van der Waals surface area contributed by atoms with Crippen molar-refractivity contribution in [3.8, 4) is 11.3 Å². The third kappa shape index (κ3) is 6.10. The van der Waals surface area contributed by atoms with Crippen molar-refractivity contribution in [1.82, 2.24) is 9.97 Å². The van der Waals surface area contributed by atoms with E-state index in [0.29, 0.717) is 11.5 Å². The molecule has 0 spiro atoms.